The van der Waals surface area contributed by atoms with Crippen LogP contribution >= 0.6 is 0 Å². The molecule has 0 saturated carbocycles. The molecule has 0 spiro atoms. The second-order valence-electron chi connectivity index (χ2n) is 5.99. The minimum atomic E-state index is -1.03. The molecule has 1 aliphatic rings. The van der Waals surface area contributed by atoms with Gasteiger partial charge >= 0.3 is 0 Å². The molecule has 1 saturated heterocycles. The molecular weight excluding hydrogens is 244 g/mol. The predicted octanol–water partition coefficient (Wildman–Crippen LogP) is 1.67. The van der Waals surface area contributed by atoms with E-state index in [9.17, 15) is 9.59 Å². The SMILES string of the molecule is C[Si](C)(C)CC=CCNC(=O)[C@@H]1CCCC(=O)N1. The van der Waals surface area contributed by atoms with Crippen LogP contribution in [0.2, 0.25) is 25.7 Å². The lowest BCUT2D eigenvalue weighted by Gasteiger charge is -2.22. The maximum absolute atomic E-state index is 11.8. The van der Waals surface area contributed by atoms with Gasteiger partial charge in [0.1, 0.15) is 6.04 Å². The Labute approximate surface area is 110 Å². The van der Waals surface area contributed by atoms with Crippen LogP contribution in [-0.4, -0.2) is 32.5 Å². The molecule has 0 aromatic rings. The number of carbonyl (C=O) groups excluding carboxylic acids is 2. The summed E-state index contributed by atoms with van der Waals surface area (Å²) in [7, 11) is -1.03. The van der Waals surface area contributed by atoms with Gasteiger partial charge in [-0.1, -0.05) is 31.8 Å². The van der Waals surface area contributed by atoms with Crippen molar-refractivity contribution in [1.29, 1.82) is 0 Å². The summed E-state index contributed by atoms with van der Waals surface area (Å²) >= 11 is 0. The highest BCUT2D eigenvalue weighted by molar-refractivity contribution is 6.76. The highest BCUT2D eigenvalue weighted by Crippen LogP contribution is 2.09. The third-order valence-electron chi connectivity index (χ3n) is 2.84. The third-order valence-corrected chi connectivity index (χ3v) is 4.30. The fourth-order valence-corrected chi connectivity index (χ4v) is 2.68. The van der Waals surface area contributed by atoms with Gasteiger partial charge in [-0.2, -0.15) is 0 Å². The van der Waals surface area contributed by atoms with Crippen molar-refractivity contribution in [1.82, 2.24) is 10.6 Å². The van der Waals surface area contributed by atoms with E-state index in [4.69, 9.17) is 0 Å². The lowest BCUT2D eigenvalue weighted by Crippen LogP contribution is -2.49. The summed E-state index contributed by atoms with van der Waals surface area (Å²) in [5, 5.41) is 5.55. The molecule has 1 aliphatic heterocycles. The molecule has 1 heterocycles. The van der Waals surface area contributed by atoms with Crippen molar-refractivity contribution in [2.24, 2.45) is 0 Å². The summed E-state index contributed by atoms with van der Waals surface area (Å²) in [6, 6.07) is 0.792. The van der Waals surface area contributed by atoms with E-state index in [-0.39, 0.29) is 17.9 Å². The van der Waals surface area contributed by atoms with Gasteiger partial charge in [0.2, 0.25) is 11.8 Å². The number of hydrogen-bond acceptors (Lipinski definition) is 2. The van der Waals surface area contributed by atoms with E-state index >= 15 is 0 Å². The molecule has 102 valence electrons. The van der Waals surface area contributed by atoms with E-state index in [1.807, 2.05) is 6.08 Å². The molecule has 0 radical (unpaired) electrons. The number of allylic oxidation sites excluding steroid dienone is 1. The Morgan fingerprint density at radius 2 is 2.17 bits per heavy atom. The number of carbonyl (C=O) groups is 2. The van der Waals surface area contributed by atoms with Gasteiger partial charge in [0, 0.05) is 21.0 Å². The molecule has 18 heavy (non-hydrogen) atoms. The van der Waals surface area contributed by atoms with Crippen LogP contribution in [0.1, 0.15) is 19.3 Å². The van der Waals surface area contributed by atoms with Crippen LogP contribution in [0.25, 0.3) is 0 Å². The monoisotopic (exact) mass is 268 g/mol. The lowest BCUT2D eigenvalue weighted by atomic mass is 10.0. The number of hydrogen-bond donors (Lipinski definition) is 2. The average Bonchev–Trinajstić information content (AvgIpc) is 2.26. The van der Waals surface area contributed by atoms with Gasteiger partial charge in [-0.05, 0) is 18.9 Å². The lowest BCUT2D eigenvalue weighted by molar-refractivity contribution is -0.130. The van der Waals surface area contributed by atoms with Crippen LogP contribution in [0.5, 0.6) is 0 Å². The van der Waals surface area contributed by atoms with Crippen LogP contribution in [0.15, 0.2) is 12.2 Å². The van der Waals surface area contributed by atoms with Crippen LogP contribution < -0.4 is 10.6 Å². The number of piperidine rings is 1. The van der Waals surface area contributed by atoms with E-state index in [0.717, 1.165) is 18.9 Å². The van der Waals surface area contributed by atoms with Crippen LogP contribution in [0, 0.1) is 0 Å². The topological polar surface area (TPSA) is 58.2 Å². The van der Waals surface area contributed by atoms with E-state index in [1.165, 1.54) is 0 Å². The molecule has 0 aromatic heterocycles. The van der Waals surface area contributed by atoms with Crippen molar-refractivity contribution in [3.63, 3.8) is 0 Å². The second kappa shape index (κ2) is 6.73. The molecule has 0 aliphatic carbocycles. The molecule has 0 bridgehead atoms. The Morgan fingerprint density at radius 1 is 1.44 bits per heavy atom. The maximum Gasteiger partial charge on any atom is 0.242 e. The first-order chi connectivity index (χ1) is 8.38. The zero-order chi connectivity index (χ0) is 13.6. The van der Waals surface area contributed by atoms with Crippen LogP contribution in [0.4, 0.5) is 0 Å². The minimum Gasteiger partial charge on any atom is -0.351 e. The summed E-state index contributed by atoms with van der Waals surface area (Å²) in [6.45, 7) is 7.49. The second-order valence-corrected chi connectivity index (χ2v) is 11.5. The zero-order valence-electron chi connectivity index (χ0n) is 11.6. The smallest absolute Gasteiger partial charge is 0.242 e. The number of nitrogens with one attached hydrogen (secondary N) is 2. The molecule has 5 heteroatoms. The van der Waals surface area contributed by atoms with Crippen molar-refractivity contribution < 1.29 is 9.59 Å². The normalized spacial score (nSPS) is 20.8. The van der Waals surface area contributed by atoms with E-state index in [0.29, 0.717) is 13.0 Å². The van der Waals surface area contributed by atoms with E-state index < -0.39 is 8.07 Å². The van der Waals surface area contributed by atoms with Crippen molar-refractivity contribution in [2.75, 3.05) is 6.54 Å². The quantitative estimate of drug-likeness (QED) is 0.588. The standard InChI is InChI=1S/C13H24N2O2Si/c1-18(2,3)10-5-4-9-14-13(17)11-7-6-8-12(16)15-11/h4-5,11H,6-10H2,1-3H3,(H,14,17)(H,15,16)/t11-/m0/s1. The number of rotatable bonds is 5. The summed E-state index contributed by atoms with van der Waals surface area (Å²) < 4.78 is 0. The first kappa shape index (κ1) is 15.0. The fourth-order valence-electron chi connectivity index (χ4n) is 1.80. The Bertz CT molecular complexity index is 334. The maximum atomic E-state index is 11.8. The van der Waals surface area contributed by atoms with Crippen LogP contribution in [0.3, 0.4) is 0 Å². The Balaban J connectivity index is 2.22. The molecule has 4 nitrogen and oxygen atoms in total. The van der Waals surface area contributed by atoms with Gasteiger partial charge in [-0.3, -0.25) is 9.59 Å². The largest absolute Gasteiger partial charge is 0.351 e. The van der Waals surface area contributed by atoms with E-state index in [1.54, 1.807) is 0 Å². The van der Waals surface area contributed by atoms with Gasteiger partial charge in [0.15, 0.2) is 0 Å². The van der Waals surface area contributed by atoms with Gasteiger partial charge in [-0.15, -0.1) is 0 Å². The van der Waals surface area contributed by atoms with Gasteiger partial charge in [0.05, 0.1) is 0 Å². The minimum absolute atomic E-state index is 0.0179. The Kier molecular flexibility index (Phi) is 5.59. The van der Waals surface area contributed by atoms with Gasteiger partial charge in [-0.25, -0.2) is 0 Å². The van der Waals surface area contributed by atoms with Crippen LogP contribution in [-0.2, 0) is 9.59 Å². The third kappa shape index (κ3) is 6.00. The molecule has 1 rings (SSSR count). The predicted molar refractivity (Wildman–Crippen MR) is 76.1 cm³/mol. The summed E-state index contributed by atoms with van der Waals surface area (Å²) in [6.07, 6.45) is 6.23. The van der Waals surface area contributed by atoms with Gasteiger partial charge in [0.25, 0.3) is 0 Å². The Morgan fingerprint density at radius 3 is 2.78 bits per heavy atom. The summed E-state index contributed by atoms with van der Waals surface area (Å²) in [5.74, 6) is -0.0867. The first-order valence-corrected chi connectivity index (χ1v) is 10.3. The molecule has 0 aromatic carbocycles. The molecule has 2 amide bonds. The molecule has 1 fully saturated rings. The highest BCUT2D eigenvalue weighted by Gasteiger charge is 2.23. The highest BCUT2D eigenvalue weighted by atomic mass is 28.3. The molecule has 1 atom stereocenters. The van der Waals surface area contributed by atoms with Crippen molar-refractivity contribution in [3.05, 3.63) is 12.2 Å². The van der Waals surface area contributed by atoms with Gasteiger partial charge < -0.3 is 10.6 Å². The average molecular weight is 268 g/mol. The zero-order valence-corrected chi connectivity index (χ0v) is 12.6. The summed E-state index contributed by atoms with van der Waals surface area (Å²) in [4.78, 5) is 22.9. The van der Waals surface area contributed by atoms with E-state index in [2.05, 4.69) is 36.4 Å². The van der Waals surface area contributed by atoms with Crippen molar-refractivity contribution in [2.45, 2.75) is 51.0 Å². The Hall–Kier alpha value is -1.10. The number of amides is 2. The molecule has 0 unspecified atom stereocenters. The molecule has 2 N–H and O–H groups in total. The molecular formula is C13H24N2O2Si. The van der Waals surface area contributed by atoms with Crippen molar-refractivity contribution >= 4 is 19.9 Å². The first-order valence-electron chi connectivity index (χ1n) is 6.60. The summed E-state index contributed by atoms with van der Waals surface area (Å²) in [5.41, 5.74) is 0. The fraction of sp³-hybridized carbons (Fsp3) is 0.692. The van der Waals surface area contributed by atoms with Crippen molar-refractivity contribution in [3.8, 4) is 0 Å².